The molecule has 2 atom stereocenters. The average molecular weight is 348 g/mol. The van der Waals surface area contributed by atoms with Gasteiger partial charge in [0.05, 0.1) is 6.54 Å². The summed E-state index contributed by atoms with van der Waals surface area (Å²) < 4.78 is 5.40. The first-order chi connectivity index (χ1) is 12.7. The normalized spacial score (nSPS) is 18.4. The van der Waals surface area contributed by atoms with Gasteiger partial charge in [-0.25, -0.2) is 0 Å². The molecule has 1 aromatic heterocycles. The monoisotopic (exact) mass is 348 g/mol. The standard InChI is InChI=1S/C22H24N2O2/c1-18(25)26-22(19-9-3-2-4-10-19)13-8-16-24-15-6-5-12-21(24)20-11-7-14-23-17-20/h2-4,7,9-11,14,17,21-22H,5-6,12,15-16H2,1H3/t21-,22-/m1/s1. The highest BCUT2D eigenvalue weighted by molar-refractivity contribution is 5.66. The van der Waals surface area contributed by atoms with Crippen molar-refractivity contribution in [3.63, 3.8) is 0 Å². The minimum absolute atomic E-state index is 0.320. The molecule has 134 valence electrons. The van der Waals surface area contributed by atoms with E-state index < -0.39 is 6.10 Å². The molecule has 0 bridgehead atoms. The van der Waals surface area contributed by atoms with Gasteiger partial charge in [-0.15, -0.1) is 0 Å². The van der Waals surface area contributed by atoms with E-state index >= 15 is 0 Å². The molecule has 4 nitrogen and oxygen atoms in total. The van der Waals surface area contributed by atoms with E-state index in [1.807, 2.05) is 42.6 Å². The predicted molar refractivity (Wildman–Crippen MR) is 101 cm³/mol. The number of aromatic nitrogens is 1. The third-order valence-electron chi connectivity index (χ3n) is 4.58. The second-order valence-electron chi connectivity index (χ2n) is 6.49. The quantitative estimate of drug-likeness (QED) is 0.620. The number of benzene rings is 1. The van der Waals surface area contributed by atoms with E-state index in [1.54, 1.807) is 6.20 Å². The highest BCUT2D eigenvalue weighted by atomic mass is 16.5. The van der Waals surface area contributed by atoms with Gasteiger partial charge in [0.2, 0.25) is 0 Å². The number of hydrogen-bond acceptors (Lipinski definition) is 4. The number of likely N-dealkylation sites (tertiary alicyclic amines) is 1. The molecule has 1 aliphatic heterocycles. The van der Waals surface area contributed by atoms with Gasteiger partial charge in [0, 0.05) is 30.9 Å². The maximum atomic E-state index is 11.4. The van der Waals surface area contributed by atoms with Crippen molar-refractivity contribution < 1.29 is 9.53 Å². The molecule has 26 heavy (non-hydrogen) atoms. The third-order valence-corrected chi connectivity index (χ3v) is 4.58. The first-order valence-electron chi connectivity index (χ1n) is 9.08. The Morgan fingerprint density at radius 1 is 1.27 bits per heavy atom. The Hall–Kier alpha value is -2.64. The number of carbonyl (C=O) groups is 1. The molecule has 2 aromatic rings. The topological polar surface area (TPSA) is 42.4 Å². The number of hydrogen-bond donors (Lipinski definition) is 0. The lowest BCUT2D eigenvalue weighted by Crippen LogP contribution is -2.33. The summed E-state index contributed by atoms with van der Waals surface area (Å²) in [6.45, 7) is 3.10. The highest BCUT2D eigenvalue weighted by Gasteiger charge is 2.23. The number of ether oxygens (including phenoxy) is 1. The summed E-state index contributed by atoms with van der Waals surface area (Å²) >= 11 is 0. The molecular formula is C22H24N2O2. The predicted octanol–water partition coefficient (Wildman–Crippen LogP) is 3.92. The van der Waals surface area contributed by atoms with Crippen LogP contribution in [0.1, 0.15) is 49.5 Å². The summed E-state index contributed by atoms with van der Waals surface area (Å²) in [5.41, 5.74) is 2.14. The second-order valence-corrected chi connectivity index (χ2v) is 6.49. The lowest BCUT2D eigenvalue weighted by atomic mass is 9.96. The molecule has 1 aliphatic rings. The van der Waals surface area contributed by atoms with Crippen molar-refractivity contribution in [3.8, 4) is 11.8 Å². The molecule has 0 saturated carbocycles. The Labute approximate surface area is 155 Å². The molecule has 0 spiro atoms. The Balaban J connectivity index is 1.72. The molecule has 0 unspecified atom stereocenters. The van der Waals surface area contributed by atoms with E-state index in [2.05, 4.69) is 27.8 Å². The van der Waals surface area contributed by atoms with Crippen LogP contribution < -0.4 is 0 Å². The third kappa shape index (κ3) is 4.93. The van der Waals surface area contributed by atoms with Crippen molar-refractivity contribution >= 4 is 5.97 Å². The van der Waals surface area contributed by atoms with Crippen LogP contribution in [0.3, 0.4) is 0 Å². The van der Waals surface area contributed by atoms with Crippen LogP contribution in [0.15, 0.2) is 54.9 Å². The van der Waals surface area contributed by atoms with E-state index in [0.717, 1.165) is 18.5 Å². The lowest BCUT2D eigenvalue weighted by molar-refractivity contribution is -0.144. The van der Waals surface area contributed by atoms with E-state index in [4.69, 9.17) is 4.74 Å². The first kappa shape index (κ1) is 18.2. The fourth-order valence-electron chi connectivity index (χ4n) is 3.35. The van der Waals surface area contributed by atoms with Gasteiger partial charge in [0.15, 0.2) is 6.10 Å². The first-order valence-corrected chi connectivity index (χ1v) is 9.08. The molecule has 0 N–H and O–H groups in total. The molecular weight excluding hydrogens is 324 g/mol. The van der Waals surface area contributed by atoms with Crippen molar-refractivity contribution in [2.45, 2.75) is 38.3 Å². The molecule has 0 aliphatic carbocycles. The Kier molecular flexibility index (Phi) is 6.40. The van der Waals surface area contributed by atoms with Gasteiger partial charge in [0.1, 0.15) is 0 Å². The van der Waals surface area contributed by atoms with Crippen LogP contribution in [-0.2, 0) is 9.53 Å². The van der Waals surface area contributed by atoms with Crippen molar-refractivity contribution in [2.75, 3.05) is 13.1 Å². The van der Waals surface area contributed by atoms with Crippen molar-refractivity contribution in [2.24, 2.45) is 0 Å². The van der Waals surface area contributed by atoms with Crippen LogP contribution in [0.5, 0.6) is 0 Å². The molecule has 3 rings (SSSR count). The second kappa shape index (κ2) is 9.17. The van der Waals surface area contributed by atoms with Crippen molar-refractivity contribution in [3.05, 3.63) is 66.0 Å². The largest absolute Gasteiger partial charge is 0.444 e. The van der Waals surface area contributed by atoms with Crippen LogP contribution in [0.2, 0.25) is 0 Å². The zero-order valence-electron chi connectivity index (χ0n) is 15.1. The minimum atomic E-state index is -0.518. The van der Waals surface area contributed by atoms with Gasteiger partial charge in [-0.1, -0.05) is 54.7 Å². The van der Waals surface area contributed by atoms with Crippen LogP contribution in [-0.4, -0.2) is 28.9 Å². The SMILES string of the molecule is CC(=O)O[C@H](C#CCN1CCCC[C@@H]1c1cccnc1)c1ccccc1. The van der Waals surface area contributed by atoms with Gasteiger partial charge in [-0.2, -0.15) is 0 Å². The van der Waals surface area contributed by atoms with E-state index in [9.17, 15) is 4.79 Å². The van der Waals surface area contributed by atoms with Gasteiger partial charge in [-0.3, -0.25) is 14.7 Å². The summed E-state index contributed by atoms with van der Waals surface area (Å²) in [7, 11) is 0. The number of carbonyl (C=O) groups excluding carboxylic acids is 1. The molecule has 1 saturated heterocycles. The smallest absolute Gasteiger partial charge is 0.304 e. The number of esters is 1. The van der Waals surface area contributed by atoms with E-state index in [1.165, 1.54) is 25.3 Å². The van der Waals surface area contributed by atoms with Gasteiger partial charge < -0.3 is 4.74 Å². The summed E-state index contributed by atoms with van der Waals surface area (Å²) in [6, 6.07) is 14.1. The van der Waals surface area contributed by atoms with Crippen molar-refractivity contribution in [1.82, 2.24) is 9.88 Å². The zero-order valence-corrected chi connectivity index (χ0v) is 15.1. The summed E-state index contributed by atoms with van der Waals surface area (Å²) in [6.07, 6.45) is 6.77. The number of piperidine rings is 1. The molecule has 1 fully saturated rings. The average Bonchev–Trinajstić information content (AvgIpc) is 2.69. The maximum Gasteiger partial charge on any atom is 0.304 e. The van der Waals surface area contributed by atoms with Crippen LogP contribution in [0.25, 0.3) is 0 Å². The molecule has 2 heterocycles. The lowest BCUT2D eigenvalue weighted by Gasteiger charge is -2.34. The van der Waals surface area contributed by atoms with Gasteiger partial charge in [0.25, 0.3) is 0 Å². The molecule has 4 heteroatoms. The summed E-state index contributed by atoms with van der Waals surface area (Å²) in [5, 5.41) is 0. The van der Waals surface area contributed by atoms with Crippen LogP contribution >= 0.6 is 0 Å². The number of pyridine rings is 1. The number of rotatable bonds is 4. The van der Waals surface area contributed by atoms with Gasteiger partial charge in [-0.05, 0) is 31.0 Å². The molecule has 1 aromatic carbocycles. The fraction of sp³-hybridized carbons (Fsp3) is 0.364. The molecule has 0 radical (unpaired) electrons. The molecule has 0 amide bonds. The Morgan fingerprint density at radius 3 is 2.85 bits per heavy atom. The summed E-state index contributed by atoms with van der Waals surface area (Å²) in [5.74, 6) is 6.05. The van der Waals surface area contributed by atoms with Crippen molar-refractivity contribution in [1.29, 1.82) is 0 Å². The van der Waals surface area contributed by atoms with E-state index in [0.29, 0.717) is 12.6 Å². The number of nitrogens with zero attached hydrogens (tertiary/aromatic N) is 2. The maximum absolute atomic E-state index is 11.4. The Morgan fingerprint density at radius 2 is 2.12 bits per heavy atom. The fourth-order valence-corrected chi connectivity index (χ4v) is 3.35. The zero-order chi connectivity index (χ0) is 18.2. The van der Waals surface area contributed by atoms with Gasteiger partial charge >= 0.3 is 5.97 Å². The highest BCUT2D eigenvalue weighted by Crippen LogP contribution is 2.29. The summed E-state index contributed by atoms with van der Waals surface area (Å²) in [4.78, 5) is 18.1. The van der Waals surface area contributed by atoms with Crippen LogP contribution in [0.4, 0.5) is 0 Å². The Bertz CT molecular complexity index is 765. The van der Waals surface area contributed by atoms with Crippen LogP contribution in [0, 0.1) is 11.8 Å². The minimum Gasteiger partial charge on any atom is -0.444 e. The van der Waals surface area contributed by atoms with E-state index in [-0.39, 0.29) is 5.97 Å².